The lowest BCUT2D eigenvalue weighted by Gasteiger charge is -2.22. The van der Waals surface area contributed by atoms with Gasteiger partial charge in [0.1, 0.15) is 0 Å². The van der Waals surface area contributed by atoms with Crippen LogP contribution in [0.15, 0.2) is 30.3 Å². The number of nitrogens with one attached hydrogen (secondary N) is 1. The maximum atomic E-state index is 11.9. The Balaban J connectivity index is 0.00000361. The van der Waals surface area contributed by atoms with E-state index in [4.69, 9.17) is 4.74 Å². The first-order chi connectivity index (χ1) is 9.27. The summed E-state index contributed by atoms with van der Waals surface area (Å²) in [5, 5.41) is 2.90. The first-order valence-electron chi connectivity index (χ1n) is 6.73. The van der Waals surface area contributed by atoms with Crippen molar-refractivity contribution in [3.63, 3.8) is 0 Å². The highest BCUT2D eigenvalue weighted by atomic mass is 35.5. The normalized spacial score (nSPS) is 9.90. The average molecular weight is 301 g/mol. The van der Waals surface area contributed by atoms with Gasteiger partial charge in [0.2, 0.25) is 5.91 Å². The molecule has 5 heteroatoms. The van der Waals surface area contributed by atoms with Crippen LogP contribution < -0.4 is 5.32 Å². The van der Waals surface area contributed by atoms with Gasteiger partial charge in [-0.15, -0.1) is 12.4 Å². The summed E-state index contributed by atoms with van der Waals surface area (Å²) < 4.78 is 5.05. The first-order valence-corrected chi connectivity index (χ1v) is 6.73. The van der Waals surface area contributed by atoms with Gasteiger partial charge in [0.15, 0.2) is 0 Å². The second kappa shape index (κ2) is 11.7. The molecule has 1 N–H and O–H groups in total. The third-order valence-electron chi connectivity index (χ3n) is 2.98. The number of carbonyl (C=O) groups excluding carboxylic acids is 1. The molecule has 1 aromatic carbocycles. The van der Waals surface area contributed by atoms with E-state index in [1.165, 1.54) is 5.56 Å². The van der Waals surface area contributed by atoms with E-state index in [0.29, 0.717) is 19.7 Å². The fourth-order valence-electron chi connectivity index (χ4n) is 1.94. The summed E-state index contributed by atoms with van der Waals surface area (Å²) in [6.45, 7) is 2.40. The Morgan fingerprint density at radius 1 is 1.25 bits per heavy atom. The summed E-state index contributed by atoms with van der Waals surface area (Å²) >= 11 is 0. The van der Waals surface area contributed by atoms with Crippen LogP contribution in [0.4, 0.5) is 0 Å². The second-order valence-electron chi connectivity index (χ2n) is 4.49. The zero-order valence-corrected chi connectivity index (χ0v) is 13.1. The number of aryl methyl sites for hydroxylation is 1. The maximum Gasteiger partial charge on any atom is 0.236 e. The SMILES string of the molecule is CNCC(=O)N(CCCc1ccccc1)CCOC.Cl. The predicted octanol–water partition coefficient (Wildman–Crippen LogP) is 1.74. The van der Waals surface area contributed by atoms with Gasteiger partial charge in [-0.3, -0.25) is 4.79 Å². The molecule has 0 aliphatic heterocycles. The van der Waals surface area contributed by atoms with Crippen LogP contribution in [0.1, 0.15) is 12.0 Å². The minimum Gasteiger partial charge on any atom is -0.383 e. The van der Waals surface area contributed by atoms with Crippen LogP contribution in [0.25, 0.3) is 0 Å². The number of likely N-dealkylation sites (N-methyl/N-ethyl adjacent to an activating group) is 1. The van der Waals surface area contributed by atoms with Crippen molar-refractivity contribution in [3.8, 4) is 0 Å². The molecule has 0 unspecified atom stereocenters. The third kappa shape index (κ3) is 7.48. The van der Waals surface area contributed by atoms with Gasteiger partial charge in [-0.05, 0) is 25.5 Å². The van der Waals surface area contributed by atoms with Gasteiger partial charge < -0.3 is 15.0 Å². The largest absolute Gasteiger partial charge is 0.383 e. The fraction of sp³-hybridized carbons (Fsp3) is 0.533. The number of rotatable bonds is 9. The molecular weight excluding hydrogens is 276 g/mol. The van der Waals surface area contributed by atoms with Gasteiger partial charge in [0, 0.05) is 20.2 Å². The monoisotopic (exact) mass is 300 g/mol. The lowest BCUT2D eigenvalue weighted by molar-refractivity contribution is -0.130. The highest BCUT2D eigenvalue weighted by molar-refractivity contribution is 5.85. The minimum absolute atomic E-state index is 0. The zero-order chi connectivity index (χ0) is 13.9. The summed E-state index contributed by atoms with van der Waals surface area (Å²) in [7, 11) is 3.45. The number of halogens is 1. The molecule has 0 aromatic heterocycles. The van der Waals surface area contributed by atoms with Gasteiger partial charge >= 0.3 is 0 Å². The van der Waals surface area contributed by atoms with E-state index in [-0.39, 0.29) is 18.3 Å². The molecule has 1 amide bonds. The molecule has 0 heterocycles. The predicted molar refractivity (Wildman–Crippen MR) is 84.4 cm³/mol. The smallest absolute Gasteiger partial charge is 0.236 e. The average Bonchev–Trinajstić information content (AvgIpc) is 2.44. The number of nitrogens with zero attached hydrogens (tertiary/aromatic N) is 1. The van der Waals surface area contributed by atoms with E-state index in [9.17, 15) is 4.79 Å². The molecule has 0 atom stereocenters. The molecule has 20 heavy (non-hydrogen) atoms. The standard InChI is InChI=1S/C15H24N2O2.ClH/c1-16-13-15(18)17(11-12-19-2)10-6-9-14-7-4-3-5-8-14;/h3-5,7-8,16H,6,9-13H2,1-2H3;1H. The quantitative estimate of drug-likeness (QED) is 0.755. The zero-order valence-electron chi connectivity index (χ0n) is 12.3. The Kier molecular flexibility index (Phi) is 11.1. The molecule has 0 spiro atoms. The van der Waals surface area contributed by atoms with Crippen LogP contribution in [0.3, 0.4) is 0 Å². The Bertz CT molecular complexity index is 360. The number of hydrogen-bond donors (Lipinski definition) is 1. The number of methoxy groups -OCH3 is 1. The molecular formula is C15H25ClN2O2. The lowest BCUT2D eigenvalue weighted by atomic mass is 10.1. The van der Waals surface area contributed by atoms with Gasteiger partial charge in [0.25, 0.3) is 0 Å². The van der Waals surface area contributed by atoms with E-state index < -0.39 is 0 Å². The number of amides is 1. The van der Waals surface area contributed by atoms with E-state index >= 15 is 0 Å². The molecule has 0 saturated carbocycles. The Morgan fingerprint density at radius 2 is 1.95 bits per heavy atom. The van der Waals surface area contributed by atoms with E-state index in [2.05, 4.69) is 17.4 Å². The molecule has 1 aromatic rings. The molecule has 4 nitrogen and oxygen atoms in total. The lowest BCUT2D eigenvalue weighted by Crippen LogP contribution is -2.39. The van der Waals surface area contributed by atoms with Crippen LogP contribution in [0.5, 0.6) is 0 Å². The molecule has 1 rings (SSSR count). The number of benzene rings is 1. The summed E-state index contributed by atoms with van der Waals surface area (Å²) in [5.74, 6) is 0.132. The highest BCUT2D eigenvalue weighted by Crippen LogP contribution is 2.04. The van der Waals surface area contributed by atoms with Gasteiger partial charge in [-0.25, -0.2) is 0 Å². The van der Waals surface area contributed by atoms with Crippen molar-refractivity contribution in [1.29, 1.82) is 0 Å². The summed E-state index contributed by atoms with van der Waals surface area (Å²) in [6, 6.07) is 10.4. The van der Waals surface area contributed by atoms with E-state index in [0.717, 1.165) is 19.4 Å². The number of carbonyl (C=O) groups is 1. The van der Waals surface area contributed by atoms with E-state index in [1.54, 1.807) is 14.2 Å². The first kappa shape index (κ1) is 18.9. The van der Waals surface area contributed by atoms with Crippen LogP contribution in [-0.4, -0.2) is 51.2 Å². The van der Waals surface area contributed by atoms with Gasteiger partial charge in [-0.2, -0.15) is 0 Å². The van der Waals surface area contributed by atoms with Crippen LogP contribution in [0.2, 0.25) is 0 Å². The van der Waals surface area contributed by atoms with Crippen molar-refractivity contribution >= 4 is 18.3 Å². The van der Waals surface area contributed by atoms with Crippen LogP contribution in [-0.2, 0) is 16.0 Å². The summed E-state index contributed by atoms with van der Waals surface area (Å²) in [5.41, 5.74) is 1.32. The van der Waals surface area contributed by atoms with Gasteiger partial charge in [-0.1, -0.05) is 30.3 Å². The highest BCUT2D eigenvalue weighted by Gasteiger charge is 2.11. The van der Waals surface area contributed by atoms with Crippen molar-refractivity contribution in [1.82, 2.24) is 10.2 Å². The summed E-state index contributed by atoms with van der Waals surface area (Å²) in [4.78, 5) is 13.8. The van der Waals surface area contributed by atoms with E-state index in [1.807, 2.05) is 23.1 Å². The summed E-state index contributed by atoms with van der Waals surface area (Å²) in [6.07, 6.45) is 1.97. The van der Waals surface area contributed by atoms with Crippen molar-refractivity contribution < 1.29 is 9.53 Å². The van der Waals surface area contributed by atoms with Crippen LogP contribution >= 0.6 is 12.4 Å². The third-order valence-corrected chi connectivity index (χ3v) is 2.98. The molecule has 0 saturated heterocycles. The van der Waals surface area contributed by atoms with Crippen molar-refractivity contribution in [2.75, 3.05) is 40.4 Å². The second-order valence-corrected chi connectivity index (χ2v) is 4.49. The molecule has 0 aliphatic rings. The molecule has 0 radical (unpaired) electrons. The molecule has 114 valence electrons. The van der Waals surface area contributed by atoms with Gasteiger partial charge in [0.05, 0.1) is 13.2 Å². The topological polar surface area (TPSA) is 41.6 Å². The molecule has 0 aliphatic carbocycles. The molecule has 0 fully saturated rings. The fourth-order valence-corrected chi connectivity index (χ4v) is 1.94. The Labute approximate surface area is 127 Å². The minimum atomic E-state index is 0. The molecule has 0 bridgehead atoms. The number of hydrogen-bond acceptors (Lipinski definition) is 3. The van der Waals surface area contributed by atoms with Crippen LogP contribution in [0, 0.1) is 0 Å². The Hall–Kier alpha value is -1.10. The van der Waals surface area contributed by atoms with Crippen molar-refractivity contribution in [2.24, 2.45) is 0 Å². The maximum absolute atomic E-state index is 11.9. The number of ether oxygens (including phenoxy) is 1. The van der Waals surface area contributed by atoms with Crippen molar-refractivity contribution in [3.05, 3.63) is 35.9 Å². The Morgan fingerprint density at radius 3 is 2.55 bits per heavy atom. The van der Waals surface area contributed by atoms with Crippen molar-refractivity contribution in [2.45, 2.75) is 12.8 Å².